The fraction of sp³-hybridized carbons (Fsp3) is 0. The van der Waals surface area contributed by atoms with Gasteiger partial charge in [0.2, 0.25) is 0 Å². The minimum absolute atomic E-state index is 0.875. The van der Waals surface area contributed by atoms with E-state index in [0.717, 1.165) is 44.9 Å². The van der Waals surface area contributed by atoms with Crippen LogP contribution in [0.25, 0.3) is 99.3 Å². The summed E-state index contributed by atoms with van der Waals surface area (Å²) in [7, 11) is 0. The quantitative estimate of drug-likeness (QED) is 0.188. The van der Waals surface area contributed by atoms with Gasteiger partial charge in [0.1, 0.15) is 0 Å². The SMILES string of the molecule is c1ccc(-c2nc3ccccc3nc2-c2ccc(-n3c4ccccc4c4cc5c6c7ccccc7ccc6n(-c6ccccc6)c5cc43)cc2)cc1. The zero-order chi connectivity index (χ0) is 34.2. The molecule has 0 bridgehead atoms. The Hall–Kier alpha value is -7.04. The summed E-state index contributed by atoms with van der Waals surface area (Å²) in [6, 6.07) is 64.8. The summed E-state index contributed by atoms with van der Waals surface area (Å²) in [5, 5.41) is 7.52. The molecular weight excluding hydrogens is 633 g/mol. The van der Waals surface area contributed by atoms with E-state index in [1.54, 1.807) is 0 Å². The van der Waals surface area contributed by atoms with Crippen molar-refractivity contribution in [2.75, 3.05) is 0 Å². The maximum Gasteiger partial charge on any atom is 0.0973 e. The van der Waals surface area contributed by atoms with Crippen LogP contribution in [-0.4, -0.2) is 19.1 Å². The lowest BCUT2D eigenvalue weighted by atomic mass is 10.0. The molecule has 0 saturated carbocycles. The third-order valence-corrected chi connectivity index (χ3v) is 10.5. The van der Waals surface area contributed by atoms with Gasteiger partial charge in [-0.25, -0.2) is 9.97 Å². The van der Waals surface area contributed by atoms with E-state index in [9.17, 15) is 0 Å². The summed E-state index contributed by atoms with van der Waals surface area (Å²) in [5.41, 5.74) is 12.6. The van der Waals surface area contributed by atoms with Gasteiger partial charge in [-0.05, 0) is 71.4 Å². The van der Waals surface area contributed by atoms with Gasteiger partial charge in [-0.3, -0.25) is 0 Å². The van der Waals surface area contributed by atoms with E-state index in [4.69, 9.17) is 9.97 Å². The number of hydrogen-bond acceptors (Lipinski definition) is 2. The summed E-state index contributed by atoms with van der Waals surface area (Å²) in [4.78, 5) is 10.3. The molecule has 3 aromatic heterocycles. The Bertz CT molecular complexity index is 3160. The molecule has 242 valence electrons. The molecule has 0 fully saturated rings. The molecule has 11 aromatic rings. The molecule has 0 radical (unpaired) electrons. The molecule has 0 N–H and O–H groups in total. The smallest absolute Gasteiger partial charge is 0.0973 e. The van der Waals surface area contributed by atoms with Crippen LogP contribution in [0.4, 0.5) is 0 Å². The van der Waals surface area contributed by atoms with Crippen molar-refractivity contribution in [2.24, 2.45) is 0 Å². The first kappa shape index (κ1) is 28.8. The Morgan fingerprint density at radius 3 is 1.63 bits per heavy atom. The summed E-state index contributed by atoms with van der Waals surface area (Å²) < 4.78 is 4.83. The molecule has 0 amide bonds. The second-order valence-electron chi connectivity index (χ2n) is 13.4. The van der Waals surface area contributed by atoms with E-state index in [2.05, 4.69) is 161 Å². The Labute approximate surface area is 299 Å². The molecule has 0 spiro atoms. The second kappa shape index (κ2) is 11.2. The lowest BCUT2D eigenvalue weighted by molar-refractivity contribution is 1.16. The summed E-state index contributed by atoms with van der Waals surface area (Å²) in [6.07, 6.45) is 0. The van der Waals surface area contributed by atoms with Gasteiger partial charge in [0.25, 0.3) is 0 Å². The molecule has 0 aliphatic heterocycles. The number of para-hydroxylation sites is 4. The minimum Gasteiger partial charge on any atom is -0.309 e. The van der Waals surface area contributed by atoms with Crippen molar-refractivity contribution in [1.29, 1.82) is 0 Å². The average Bonchev–Trinajstić information content (AvgIpc) is 3.72. The van der Waals surface area contributed by atoms with Crippen LogP contribution in [0.3, 0.4) is 0 Å². The molecule has 11 rings (SSSR count). The molecular formula is C48H30N4. The normalized spacial score (nSPS) is 11.8. The van der Waals surface area contributed by atoms with Gasteiger partial charge in [0, 0.05) is 44.0 Å². The van der Waals surface area contributed by atoms with E-state index in [-0.39, 0.29) is 0 Å². The predicted molar refractivity (Wildman–Crippen MR) is 217 cm³/mol. The van der Waals surface area contributed by atoms with E-state index >= 15 is 0 Å². The van der Waals surface area contributed by atoms with Crippen molar-refractivity contribution >= 4 is 65.4 Å². The van der Waals surface area contributed by atoms with Crippen molar-refractivity contribution in [3.8, 4) is 33.9 Å². The molecule has 8 aromatic carbocycles. The average molecular weight is 663 g/mol. The van der Waals surface area contributed by atoms with Crippen molar-refractivity contribution in [2.45, 2.75) is 0 Å². The van der Waals surface area contributed by atoms with Crippen LogP contribution in [0.15, 0.2) is 182 Å². The molecule has 52 heavy (non-hydrogen) atoms. The fourth-order valence-corrected chi connectivity index (χ4v) is 8.15. The monoisotopic (exact) mass is 662 g/mol. The first-order valence-electron chi connectivity index (χ1n) is 17.7. The van der Waals surface area contributed by atoms with Crippen molar-refractivity contribution < 1.29 is 0 Å². The van der Waals surface area contributed by atoms with Gasteiger partial charge < -0.3 is 9.13 Å². The Kier molecular flexibility index (Phi) is 6.22. The molecule has 0 saturated heterocycles. The van der Waals surface area contributed by atoms with E-state index < -0.39 is 0 Å². The summed E-state index contributed by atoms with van der Waals surface area (Å²) in [6.45, 7) is 0. The molecule has 0 atom stereocenters. The second-order valence-corrected chi connectivity index (χ2v) is 13.4. The van der Waals surface area contributed by atoms with Gasteiger partial charge in [-0.1, -0.05) is 121 Å². The Balaban J connectivity index is 1.17. The van der Waals surface area contributed by atoms with Crippen molar-refractivity contribution in [3.05, 3.63) is 182 Å². The number of rotatable bonds is 4. The van der Waals surface area contributed by atoms with Crippen LogP contribution < -0.4 is 0 Å². The lowest BCUT2D eigenvalue weighted by Crippen LogP contribution is -1.97. The van der Waals surface area contributed by atoms with Gasteiger partial charge in [0.15, 0.2) is 0 Å². The lowest BCUT2D eigenvalue weighted by Gasteiger charge is -2.13. The molecule has 4 heteroatoms. The number of fused-ring (bicyclic) bond motifs is 9. The third-order valence-electron chi connectivity index (χ3n) is 10.5. The Morgan fingerprint density at radius 2 is 0.885 bits per heavy atom. The van der Waals surface area contributed by atoms with E-state index in [0.29, 0.717) is 0 Å². The molecule has 4 nitrogen and oxygen atoms in total. The van der Waals surface area contributed by atoms with E-state index in [1.165, 1.54) is 54.4 Å². The maximum absolute atomic E-state index is 5.16. The third kappa shape index (κ3) is 4.28. The molecule has 0 aliphatic carbocycles. The fourth-order valence-electron chi connectivity index (χ4n) is 8.15. The summed E-state index contributed by atoms with van der Waals surface area (Å²) >= 11 is 0. The van der Waals surface area contributed by atoms with Crippen LogP contribution in [-0.2, 0) is 0 Å². The molecule has 0 unspecified atom stereocenters. The first-order valence-corrected chi connectivity index (χ1v) is 17.7. The number of nitrogens with zero attached hydrogens (tertiary/aromatic N) is 4. The zero-order valence-corrected chi connectivity index (χ0v) is 28.1. The molecule has 3 heterocycles. The largest absolute Gasteiger partial charge is 0.309 e. The van der Waals surface area contributed by atoms with Crippen LogP contribution >= 0.6 is 0 Å². The number of benzene rings is 8. The van der Waals surface area contributed by atoms with Crippen LogP contribution in [0.1, 0.15) is 0 Å². The van der Waals surface area contributed by atoms with Crippen LogP contribution in [0.2, 0.25) is 0 Å². The molecule has 0 aliphatic rings. The minimum atomic E-state index is 0.875. The standard InChI is InChI=1S/C48H30N4/c1-3-14-32(15-4-1)47-48(50-41-21-11-10-20-40(41)49-47)33-23-26-35(27-24-33)51-42-22-12-9-19-37(42)38-29-39-45(30-44(38)51)52(34-16-5-2-6-17-34)43-28-25-31-13-7-8-18-36(31)46(39)43/h1-30H. The highest BCUT2D eigenvalue weighted by Gasteiger charge is 2.20. The van der Waals surface area contributed by atoms with Crippen LogP contribution in [0.5, 0.6) is 0 Å². The highest BCUT2D eigenvalue weighted by atomic mass is 15.0. The number of aromatic nitrogens is 4. The van der Waals surface area contributed by atoms with Crippen molar-refractivity contribution in [1.82, 2.24) is 19.1 Å². The predicted octanol–water partition coefficient (Wildman–Crippen LogP) is 12.3. The zero-order valence-electron chi connectivity index (χ0n) is 28.1. The van der Waals surface area contributed by atoms with Gasteiger partial charge in [-0.2, -0.15) is 0 Å². The first-order chi connectivity index (χ1) is 25.8. The van der Waals surface area contributed by atoms with Gasteiger partial charge in [0.05, 0.1) is 44.5 Å². The summed E-state index contributed by atoms with van der Waals surface area (Å²) in [5.74, 6) is 0. The van der Waals surface area contributed by atoms with Crippen molar-refractivity contribution in [3.63, 3.8) is 0 Å². The van der Waals surface area contributed by atoms with E-state index in [1.807, 2.05) is 30.3 Å². The van der Waals surface area contributed by atoms with Gasteiger partial charge in [-0.15, -0.1) is 0 Å². The Morgan fingerprint density at radius 1 is 0.327 bits per heavy atom. The number of hydrogen-bond donors (Lipinski definition) is 0. The van der Waals surface area contributed by atoms with Gasteiger partial charge >= 0.3 is 0 Å². The highest BCUT2D eigenvalue weighted by Crippen LogP contribution is 2.42. The van der Waals surface area contributed by atoms with Crippen LogP contribution in [0, 0.1) is 0 Å². The topological polar surface area (TPSA) is 35.6 Å². The highest BCUT2D eigenvalue weighted by molar-refractivity contribution is 6.25. The maximum atomic E-state index is 5.16.